The van der Waals surface area contributed by atoms with Gasteiger partial charge in [-0.25, -0.2) is 4.79 Å². The monoisotopic (exact) mass is 277 g/mol. The van der Waals surface area contributed by atoms with Gasteiger partial charge in [0, 0.05) is 0 Å². The van der Waals surface area contributed by atoms with Crippen LogP contribution in [0.25, 0.3) is 0 Å². The first-order chi connectivity index (χ1) is 8.54. The van der Waals surface area contributed by atoms with E-state index >= 15 is 0 Å². The molecule has 0 aliphatic carbocycles. The van der Waals surface area contributed by atoms with E-state index in [1.54, 1.807) is 13.8 Å². The van der Waals surface area contributed by atoms with Gasteiger partial charge in [0.2, 0.25) is 5.91 Å². The summed E-state index contributed by atoms with van der Waals surface area (Å²) in [5.74, 6) is -2.07. The van der Waals surface area contributed by atoms with Crippen molar-refractivity contribution in [3.8, 4) is 0 Å². The number of carbonyl (C=O) groups is 3. The Balaban J connectivity index is 4.63. The molecule has 0 fully saturated rings. The van der Waals surface area contributed by atoms with Gasteiger partial charge in [-0.1, -0.05) is 0 Å². The molecule has 0 aliphatic rings. The maximum absolute atomic E-state index is 11.5. The minimum Gasteiger partial charge on any atom is -0.466 e. The summed E-state index contributed by atoms with van der Waals surface area (Å²) in [7, 11) is 0. The van der Waals surface area contributed by atoms with Crippen molar-refractivity contribution in [2.75, 3.05) is 19.1 Å². The van der Waals surface area contributed by atoms with E-state index in [1.807, 2.05) is 0 Å². The summed E-state index contributed by atoms with van der Waals surface area (Å²) in [6.45, 7) is 3.70. The van der Waals surface area contributed by atoms with Crippen molar-refractivity contribution in [3.05, 3.63) is 11.8 Å². The minimum absolute atomic E-state index is 0.115. The van der Waals surface area contributed by atoms with Crippen LogP contribution in [0.4, 0.5) is 0 Å². The number of hydrogen-bond acceptors (Lipinski definition) is 5. The largest absolute Gasteiger partial charge is 0.466 e. The molecule has 0 heterocycles. The quantitative estimate of drug-likeness (QED) is 0.422. The van der Waals surface area contributed by atoms with E-state index in [0.717, 1.165) is 0 Å². The van der Waals surface area contributed by atoms with Gasteiger partial charge in [0.1, 0.15) is 11.6 Å². The highest BCUT2D eigenvalue weighted by Crippen LogP contribution is 1.99. The lowest BCUT2D eigenvalue weighted by Gasteiger charge is -2.07. The van der Waals surface area contributed by atoms with Crippen molar-refractivity contribution in [1.82, 2.24) is 5.32 Å². The standard InChI is InChI=1S/C11H16ClNO5/c1-3-17-10(15)6-5-8(11(16)18-4-2)13-9(14)7-12/h5H,3-4,6-7H2,1-2H3,(H,13,14). The lowest BCUT2D eigenvalue weighted by Crippen LogP contribution is -2.29. The number of hydrogen-bond donors (Lipinski definition) is 1. The molecule has 0 saturated carbocycles. The van der Waals surface area contributed by atoms with Crippen LogP contribution in [0.3, 0.4) is 0 Å². The van der Waals surface area contributed by atoms with Crippen molar-refractivity contribution >= 4 is 29.4 Å². The number of halogens is 1. The number of carbonyl (C=O) groups excluding carboxylic acids is 3. The lowest BCUT2D eigenvalue weighted by atomic mass is 10.3. The van der Waals surface area contributed by atoms with Gasteiger partial charge >= 0.3 is 11.9 Å². The van der Waals surface area contributed by atoms with Crippen molar-refractivity contribution < 1.29 is 23.9 Å². The fourth-order valence-corrected chi connectivity index (χ4v) is 1.05. The molecule has 6 nitrogen and oxygen atoms in total. The third-order valence-electron chi connectivity index (χ3n) is 1.67. The number of ether oxygens (including phenoxy) is 2. The first kappa shape index (κ1) is 16.4. The van der Waals surface area contributed by atoms with Gasteiger partial charge < -0.3 is 14.8 Å². The second-order valence-corrected chi connectivity index (χ2v) is 3.30. The number of amides is 1. The van der Waals surface area contributed by atoms with Crippen LogP contribution < -0.4 is 5.32 Å². The lowest BCUT2D eigenvalue weighted by molar-refractivity contribution is -0.142. The highest BCUT2D eigenvalue weighted by molar-refractivity contribution is 6.27. The first-order valence-electron chi connectivity index (χ1n) is 5.43. The first-order valence-corrected chi connectivity index (χ1v) is 5.97. The maximum Gasteiger partial charge on any atom is 0.354 e. The average Bonchev–Trinajstić information content (AvgIpc) is 2.34. The molecule has 0 spiro atoms. The Morgan fingerprint density at radius 2 is 1.78 bits per heavy atom. The average molecular weight is 278 g/mol. The van der Waals surface area contributed by atoms with Crippen molar-refractivity contribution in [1.29, 1.82) is 0 Å². The summed E-state index contributed by atoms with van der Waals surface area (Å²) in [6.07, 6.45) is 1.10. The normalized spacial score (nSPS) is 10.7. The molecule has 0 rings (SSSR count). The van der Waals surface area contributed by atoms with E-state index in [1.165, 1.54) is 6.08 Å². The van der Waals surface area contributed by atoms with E-state index in [9.17, 15) is 14.4 Å². The fourth-order valence-electron chi connectivity index (χ4n) is 0.983. The summed E-state index contributed by atoms with van der Waals surface area (Å²) >= 11 is 5.31. The molecule has 0 aromatic carbocycles. The predicted molar refractivity (Wildman–Crippen MR) is 64.8 cm³/mol. The smallest absolute Gasteiger partial charge is 0.354 e. The summed E-state index contributed by atoms with van der Waals surface area (Å²) in [5.41, 5.74) is -0.115. The summed E-state index contributed by atoms with van der Waals surface area (Å²) in [4.78, 5) is 33.7. The number of esters is 2. The second kappa shape index (κ2) is 9.47. The molecule has 0 atom stereocenters. The third-order valence-corrected chi connectivity index (χ3v) is 1.91. The van der Waals surface area contributed by atoms with Crippen molar-refractivity contribution in [2.24, 2.45) is 0 Å². The Labute approximate surface area is 110 Å². The zero-order valence-electron chi connectivity index (χ0n) is 10.3. The van der Waals surface area contributed by atoms with E-state index < -0.39 is 17.8 Å². The van der Waals surface area contributed by atoms with Crippen LogP contribution in [0.1, 0.15) is 20.3 Å². The van der Waals surface area contributed by atoms with Crippen molar-refractivity contribution in [2.45, 2.75) is 20.3 Å². The van der Waals surface area contributed by atoms with Gasteiger partial charge in [-0.3, -0.25) is 9.59 Å². The highest BCUT2D eigenvalue weighted by Gasteiger charge is 2.14. The molecule has 1 N–H and O–H groups in total. The molecular formula is C11H16ClNO5. The van der Waals surface area contributed by atoms with Gasteiger partial charge in [0.05, 0.1) is 19.6 Å². The fraction of sp³-hybridized carbons (Fsp3) is 0.545. The van der Waals surface area contributed by atoms with Crippen LogP contribution in [0, 0.1) is 0 Å². The van der Waals surface area contributed by atoms with E-state index in [2.05, 4.69) is 10.1 Å². The number of rotatable bonds is 7. The van der Waals surface area contributed by atoms with Crippen LogP contribution in [0.2, 0.25) is 0 Å². The molecule has 0 aromatic rings. The minimum atomic E-state index is -0.722. The summed E-state index contributed by atoms with van der Waals surface area (Å²) in [5, 5.41) is 2.26. The van der Waals surface area contributed by atoms with E-state index in [-0.39, 0.29) is 31.2 Å². The number of alkyl halides is 1. The van der Waals surface area contributed by atoms with Gasteiger partial charge in [-0.05, 0) is 19.9 Å². The van der Waals surface area contributed by atoms with Gasteiger partial charge in [0.25, 0.3) is 0 Å². The summed E-state index contributed by atoms with van der Waals surface area (Å²) in [6, 6.07) is 0. The van der Waals surface area contributed by atoms with Gasteiger partial charge in [-0.2, -0.15) is 0 Å². The van der Waals surface area contributed by atoms with Crippen molar-refractivity contribution in [3.63, 3.8) is 0 Å². The van der Waals surface area contributed by atoms with Crippen LogP contribution >= 0.6 is 11.6 Å². The molecule has 7 heteroatoms. The van der Waals surface area contributed by atoms with Gasteiger partial charge in [-0.15, -0.1) is 11.6 Å². The topological polar surface area (TPSA) is 81.7 Å². The predicted octanol–water partition coefficient (Wildman–Crippen LogP) is 0.742. The molecule has 0 aromatic heterocycles. The SMILES string of the molecule is CCOC(=O)CC=C(NC(=O)CCl)C(=O)OCC. The van der Waals surface area contributed by atoms with Crippen LogP contribution in [-0.4, -0.2) is 36.9 Å². The molecule has 0 radical (unpaired) electrons. The van der Waals surface area contributed by atoms with Crippen LogP contribution in [0.5, 0.6) is 0 Å². The highest BCUT2D eigenvalue weighted by atomic mass is 35.5. The van der Waals surface area contributed by atoms with Crippen LogP contribution in [-0.2, 0) is 23.9 Å². The Kier molecular flexibility index (Phi) is 8.65. The zero-order chi connectivity index (χ0) is 14.0. The molecule has 0 unspecified atom stereocenters. The number of nitrogens with one attached hydrogen (secondary N) is 1. The Morgan fingerprint density at radius 1 is 1.17 bits per heavy atom. The van der Waals surface area contributed by atoms with E-state index in [4.69, 9.17) is 16.3 Å². The van der Waals surface area contributed by atoms with Gasteiger partial charge in [0.15, 0.2) is 0 Å². The molecule has 0 aliphatic heterocycles. The van der Waals surface area contributed by atoms with Crippen LogP contribution in [0.15, 0.2) is 11.8 Å². The molecule has 0 saturated heterocycles. The molecular weight excluding hydrogens is 262 g/mol. The summed E-state index contributed by atoms with van der Waals surface area (Å²) < 4.78 is 9.41. The zero-order valence-corrected chi connectivity index (χ0v) is 11.1. The molecule has 0 bridgehead atoms. The maximum atomic E-state index is 11.5. The molecule has 1 amide bonds. The molecule has 102 valence electrons. The Morgan fingerprint density at radius 3 is 2.28 bits per heavy atom. The second-order valence-electron chi connectivity index (χ2n) is 3.03. The van der Waals surface area contributed by atoms with E-state index in [0.29, 0.717) is 0 Å². The Hall–Kier alpha value is -1.56. The molecule has 18 heavy (non-hydrogen) atoms. The Bertz CT molecular complexity index is 340. The third kappa shape index (κ3) is 6.90.